The minimum absolute atomic E-state index is 0.0177. The number of nitrogens with one attached hydrogen (secondary N) is 5. The van der Waals surface area contributed by atoms with Crippen molar-refractivity contribution in [3.63, 3.8) is 0 Å². The number of carbonyl (C=O) groups is 6. The molecule has 0 radical (unpaired) electrons. The van der Waals surface area contributed by atoms with Crippen molar-refractivity contribution in [3.05, 3.63) is 34.9 Å². The highest BCUT2D eigenvalue weighted by molar-refractivity contribution is 6.00. The molecule has 29 heteroatoms. The number of rotatable bonds is 45. The lowest BCUT2D eigenvalue weighted by atomic mass is 9.67. The first kappa shape index (κ1) is 76.8. The number of carbonyl (C=O) groups excluding carboxylic acids is 6. The van der Waals surface area contributed by atoms with Gasteiger partial charge in [0.1, 0.15) is 48.7 Å². The Kier molecular flexibility index (Phi) is 36.0. The summed E-state index contributed by atoms with van der Waals surface area (Å²) in [6.07, 6.45) is -3.40. The van der Waals surface area contributed by atoms with Crippen molar-refractivity contribution in [2.45, 2.75) is 160 Å². The Hall–Kier alpha value is -4.64. The summed E-state index contributed by atoms with van der Waals surface area (Å²) in [5.74, 6) is -1.90. The third kappa shape index (κ3) is 26.5. The maximum Gasteiger partial charge on any atom is 0.251 e. The second kappa shape index (κ2) is 41.8. The van der Waals surface area contributed by atoms with Gasteiger partial charge in [-0.15, -0.1) is 0 Å². The van der Waals surface area contributed by atoms with E-state index in [-0.39, 0.29) is 153 Å². The summed E-state index contributed by atoms with van der Waals surface area (Å²) >= 11 is 0. The molecule has 0 spiro atoms. The summed E-state index contributed by atoms with van der Waals surface area (Å²) in [6.45, 7) is 11.7. The van der Waals surface area contributed by atoms with Crippen molar-refractivity contribution in [2.75, 3.05) is 138 Å². The van der Waals surface area contributed by atoms with Crippen LogP contribution >= 0.6 is 0 Å². The van der Waals surface area contributed by atoms with E-state index in [1.165, 1.54) is 19.9 Å². The number of nitrogens with zero attached hydrogens (tertiary/aromatic N) is 1. The summed E-state index contributed by atoms with van der Waals surface area (Å²) in [4.78, 5) is 78.0. The first-order valence-corrected chi connectivity index (χ1v) is 31.1. The van der Waals surface area contributed by atoms with E-state index in [2.05, 4.69) is 47.4 Å². The van der Waals surface area contributed by atoms with Crippen LogP contribution in [0.15, 0.2) is 18.2 Å². The molecule has 29 nitrogen and oxygen atoms in total. The summed E-state index contributed by atoms with van der Waals surface area (Å²) in [7, 11) is 0. The Balaban J connectivity index is 1.14. The molecule has 0 aliphatic carbocycles. The molecule has 0 bridgehead atoms. The van der Waals surface area contributed by atoms with E-state index in [4.69, 9.17) is 47.4 Å². The molecule has 89 heavy (non-hydrogen) atoms. The quantitative estimate of drug-likeness (QED) is 0.0319. The maximum atomic E-state index is 13.4. The van der Waals surface area contributed by atoms with Crippen LogP contribution < -0.4 is 26.6 Å². The molecule has 3 fully saturated rings. The highest BCUT2D eigenvalue weighted by atomic mass is 16.7. The third-order valence-electron chi connectivity index (χ3n) is 16.1. The van der Waals surface area contributed by atoms with Crippen LogP contribution in [0.2, 0.25) is 0 Å². The van der Waals surface area contributed by atoms with Crippen molar-refractivity contribution < 1.29 is 112 Å². The average Bonchev–Trinajstić information content (AvgIpc) is 1.89. The van der Waals surface area contributed by atoms with Crippen LogP contribution in [-0.4, -0.2) is 276 Å². The Morgan fingerprint density at radius 1 is 0.528 bits per heavy atom. The lowest BCUT2D eigenvalue weighted by molar-refractivity contribution is -0.272. The predicted molar refractivity (Wildman–Crippen MR) is 318 cm³/mol. The van der Waals surface area contributed by atoms with Crippen LogP contribution in [0.4, 0.5) is 0 Å². The zero-order valence-corrected chi connectivity index (χ0v) is 52.5. The van der Waals surface area contributed by atoms with E-state index < -0.39 is 98.1 Å². The topological polar surface area (TPSA) is 400 Å². The number of amides is 6. The molecule has 3 heterocycles. The van der Waals surface area contributed by atoms with Gasteiger partial charge in [-0.25, -0.2) is 0 Å². The molecule has 3 aliphatic heterocycles. The van der Waals surface area contributed by atoms with Crippen LogP contribution in [0.3, 0.4) is 0 Å². The van der Waals surface area contributed by atoms with Gasteiger partial charge in [0.2, 0.25) is 23.6 Å². The molecule has 12 N–H and O–H groups in total. The number of hydrogen-bond acceptors (Lipinski definition) is 23. The van der Waals surface area contributed by atoms with Gasteiger partial charge in [0.05, 0.1) is 112 Å². The van der Waals surface area contributed by atoms with Crippen LogP contribution in [0.1, 0.15) is 119 Å². The predicted octanol–water partition coefficient (Wildman–Crippen LogP) is -1.84. The Labute approximate surface area is 521 Å². The van der Waals surface area contributed by atoms with Crippen LogP contribution in [-0.2, 0) is 73.1 Å². The second-order valence-electron chi connectivity index (χ2n) is 23.0. The number of likely N-dealkylation sites (tertiary alicyclic amines) is 1. The monoisotopic (exact) mass is 1270 g/mol. The van der Waals surface area contributed by atoms with Gasteiger partial charge >= 0.3 is 0 Å². The SMILES string of the molecule is CCC1(C)CN(C(=O)CCCCCCCCC(=O)NCc2cc(C(=O)NCCOCCOCCOCCOC3O[C@H](CO)[C@H](O)[C@H](O)[C@H]3NC(C)=O)cc(C(=O)NCCOCCOCCOCCOC3O[C@H](CO)[C@H](O)[C@H](O)[C@H]3NC(C)=O)c2)CC1(C)CO. The van der Waals surface area contributed by atoms with Gasteiger partial charge in [-0.05, 0) is 48.4 Å². The molecule has 12 atom stereocenters. The Morgan fingerprint density at radius 2 is 0.921 bits per heavy atom. The fourth-order valence-electron chi connectivity index (χ4n) is 10.4. The average molecular weight is 1280 g/mol. The van der Waals surface area contributed by atoms with E-state index in [1.54, 1.807) is 12.1 Å². The van der Waals surface area contributed by atoms with Gasteiger partial charge in [0, 0.05) is 76.0 Å². The third-order valence-corrected chi connectivity index (χ3v) is 16.1. The molecule has 6 amide bonds. The maximum absolute atomic E-state index is 13.4. The Morgan fingerprint density at radius 3 is 1.31 bits per heavy atom. The summed E-state index contributed by atoms with van der Waals surface area (Å²) in [5, 5.41) is 83.7. The van der Waals surface area contributed by atoms with E-state index in [1.807, 2.05) is 4.90 Å². The number of hydrogen-bond donors (Lipinski definition) is 12. The van der Waals surface area contributed by atoms with E-state index in [0.717, 1.165) is 38.5 Å². The lowest BCUT2D eigenvalue weighted by Crippen LogP contribution is -2.64. The normalized spacial score (nSPS) is 26.0. The molecule has 1 aromatic rings. The summed E-state index contributed by atoms with van der Waals surface area (Å²) in [5.41, 5.74) is 0.502. The van der Waals surface area contributed by atoms with Gasteiger partial charge in [-0.1, -0.05) is 46.5 Å². The van der Waals surface area contributed by atoms with Gasteiger partial charge < -0.3 is 115 Å². The number of unbranched alkanes of at least 4 members (excludes halogenated alkanes) is 5. The molecule has 4 rings (SSSR count). The van der Waals surface area contributed by atoms with Crippen LogP contribution in [0, 0.1) is 10.8 Å². The molecule has 3 saturated heterocycles. The minimum Gasteiger partial charge on any atom is -0.396 e. The minimum atomic E-state index is -1.42. The second-order valence-corrected chi connectivity index (χ2v) is 23.0. The fourth-order valence-corrected chi connectivity index (χ4v) is 10.4. The number of aliphatic hydroxyl groups is 7. The molecular formula is C60H102N6O23. The highest BCUT2D eigenvalue weighted by Gasteiger charge is 2.52. The van der Waals surface area contributed by atoms with Crippen LogP contribution in [0.25, 0.3) is 0 Å². The van der Waals surface area contributed by atoms with E-state index >= 15 is 0 Å². The number of benzene rings is 1. The van der Waals surface area contributed by atoms with E-state index in [9.17, 15) is 64.5 Å². The van der Waals surface area contributed by atoms with Crippen molar-refractivity contribution in [1.29, 1.82) is 0 Å². The van der Waals surface area contributed by atoms with Crippen molar-refractivity contribution in [3.8, 4) is 0 Å². The molecule has 3 aliphatic rings. The van der Waals surface area contributed by atoms with Crippen molar-refractivity contribution in [1.82, 2.24) is 31.5 Å². The molecular weight excluding hydrogens is 1170 g/mol. The van der Waals surface area contributed by atoms with E-state index in [0.29, 0.717) is 37.9 Å². The van der Waals surface area contributed by atoms with Crippen molar-refractivity contribution >= 4 is 35.4 Å². The smallest absolute Gasteiger partial charge is 0.251 e. The molecule has 4 unspecified atom stereocenters. The van der Waals surface area contributed by atoms with Gasteiger partial charge in [0.25, 0.3) is 11.8 Å². The number of ether oxygens (including phenoxy) is 10. The standard InChI is InChI=1S/C60H102N6O23/c1-6-59(4)37-66(38-60(59,5)39-69)48(73)14-12-10-8-7-9-11-13-47(72)63-34-42-31-43(55(78)61-15-17-80-19-21-82-23-25-84-27-29-86-57-49(64-40(2)70)53(76)51(74)45(35-67)88-57)33-44(32-42)56(79)62-16-18-81-20-22-83-24-26-85-28-30-87-58-50(65-41(3)71)54(77)52(75)46(36-68)89-58/h31-33,45-46,49-54,57-58,67-69,74-77H,6-30,34-39H2,1-5H3,(H,61,78)(H,62,79)(H,63,72)(H,64,70)(H,65,71)/t45-,46-,49-,50-,51+,52+,53-,54-,57?,58?,59?,60?/m1/s1. The first-order chi connectivity index (χ1) is 42.7. The first-order valence-electron chi connectivity index (χ1n) is 31.1. The molecule has 510 valence electrons. The van der Waals surface area contributed by atoms with Crippen LogP contribution in [0.5, 0.6) is 0 Å². The zero-order valence-electron chi connectivity index (χ0n) is 52.5. The van der Waals surface area contributed by atoms with Gasteiger partial charge in [0.15, 0.2) is 12.6 Å². The summed E-state index contributed by atoms with van der Waals surface area (Å²) in [6, 6.07) is 2.56. The molecule has 1 aromatic carbocycles. The fraction of sp³-hybridized carbons (Fsp3) is 0.800. The highest BCUT2D eigenvalue weighted by Crippen LogP contribution is 2.48. The molecule has 0 aromatic heterocycles. The van der Waals surface area contributed by atoms with Crippen molar-refractivity contribution in [2.24, 2.45) is 10.8 Å². The Bertz CT molecular complexity index is 2140. The zero-order chi connectivity index (χ0) is 65.2. The summed E-state index contributed by atoms with van der Waals surface area (Å²) < 4.78 is 55.7. The molecule has 0 saturated carbocycles. The largest absolute Gasteiger partial charge is 0.396 e. The number of aliphatic hydroxyl groups excluding tert-OH is 7. The lowest BCUT2D eigenvalue weighted by Gasteiger charge is -2.42. The van der Waals surface area contributed by atoms with Gasteiger partial charge in [-0.3, -0.25) is 28.8 Å². The van der Waals surface area contributed by atoms with Gasteiger partial charge in [-0.2, -0.15) is 0 Å².